The molecule has 5 rings (SSSR count). The molecule has 1 saturated carbocycles. The molecule has 4 heterocycles. The standard InChI is InChI=1S/C27H34N6O3S/c1-27(2,34)19-36-23-14-24(26-21(15-28)17-30-33(26)18-23)20-8-9-25(29-16-20)32-10-12-37(35,13-11-32)31-22-6-4-3-5-7-22/h8-9,14,16-18,22,34H,3-7,10-13,19H2,1-2H3. The average Bonchev–Trinajstić information content (AvgIpc) is 3.31. The molecule has 0 atom stereocenters. The number of nitriles is 1. The van der Waals surface area contributed by atoms with Crippen LogP contribution in [-0.2, 0) is 9.73 Å². The third kappa shape index (κ3) is 5.89. The number of hydrogen-bond acceptors (Lipinski definition) is 8. The van der Waals surface area contributed by atoms with E-state index in [1.54, 1.807) is 30.8 Å². The molecule has 1 aliphatic heterocycles. The molecule has 9 nitrogen and oxygen atoms in total. The van der Waals surface area contributed by atoms with E-state index in [1.165, 1.54) is 25.5 Å². The highest BCUT2D eigenvalue weighted by Crippen LogP contribution is 2.32. The molecule has 1 aliphatic carbocycles. The van der Waals surface area contributed by atoms with E-state index in [0.717, 1.165) is 29.8 Å². The normalized spacial score (nSPS) is 18.5. The summed E-state index contributed by atoms with van der Waals surface area (Å²) in [4.78, 5) is 6.88. The molecule has 0 aromatic carbocycles. The third-order valence-corrected chi connectivity index (χ3v) is 9.28. The second-order valence-corrected chi connectivity index (χ2v) is 13.2. The Morgan fingerprint density at radius 2 is 1.97 bits per heavy atom. The van der Waals surface area contributed by atoms with Gasteiger partial charge in [-0.1, -0.05) is 19.3 Å². The molecule has 2 aliphatic rings. The Morgan fingerprint density at radius 3 is 2.62 bits per heavy atom. The van der Waals surface area contributed by atoms with E-state index in [2.05, 4.69) is 16.1 Å². The second kappa shape index (κ2) is 10.3. The van der Waals surface area contributed by atoms with E-state index in [1.807, 2.05) is 18.2 Å². The monoisotopic (exact) mass is 522 g/mol. The Labute approximate surface area is 218 Å². The van der Waals surface area contributed by atoms with Crippen LogP contribution >= 0.6 is 0 Å². The Kier molecular flexibility index (Phi) is 7.10. The van der Waals surface area contributed by atoms with Crippen LogP contribution in [0.5, 0.6) is 5.75 Å². The van der Waals surface area contributed by atoms with E-state index in [0.29, 0.717) is 41.4 Å². The first kappa shape index (κ1) is 25.5. The van der Waals surface area contributed by atoms with Crippen LogP contribution in [0.1, 0.15) is 51.5 Å². The molecular formula is C27H34N6O3S. The fourth-order valence-electron chi connectivity index (χ4n) is 4.98. The van der Waals surface area contributed by atoms with Crippen molar-refractivity contribution < 1.29 is 14.1 Å². The number of hydrogen-bond donors (Lipinski definition) is 1. The lowest BCUT2D eigenvalue weighted by Crippen LogP contribution is -2.41. The van der Waals surface area contributed by atoms with Gasteiger partial charge >= 0.3 is 0 Å². The topological polar surface area (TPSA) is 116 Å². The largest absolute Gasteiger partial charge is 0.489 e. The zero-order valence-electron chi connectivity index (χ0n) is 21.5. The first-order valence-electron chi connectivity index (χ1n) is 12.9. The van der Waals surface area contributed by atoms with Crippen LogP contribution in [0.3, 0.4) is 0 Å². The summed E-state index contributed by atoms with van der Waals surface area (Å²) in [7, 11) is -2.14. The Morgan fingerprint density at radius 1 is 1.22 bits per heavy atom. The highest BCUT2D eigenvalue weighted by Gasteiger charge is 2.24. The number of rotatable bonds is 6. The number of nitrogens with zero attached hydrogens (tertiary/aromatic N) is 6. The summed E-state index contributed by atoms with van der Waals surface area (Å²) >= 11 is 0. The van der Waals surface area contributed by atoms with Gasteiger partial charge in [0.15, 0.2) is 0 Å². The van der Waals surface area contributed by atoms with Crippen molar-refractivity contribution in [2.45, 2.75) is 57.6 Å². The van der Waals surface area contributed by atoms with Crippen LogP contribution in [0.2, 0.25) is 0 Å². The van der Waals surface area contributed by atoms with E-state index in [4.69, 9.17) is 14.1 Å². The first-order chi connectivity index (χ1) is 17.7. The summed E-state index contributed by atoms with van der Waals surface area (Å²) in [6.45, 7) is 4.83. The number of ether oxygens (including phenoxy) is 1. The lowest BCUT2D eigenvalue weighted by atomic mass is 9.97. The fraction of sp³-hybridized carbons (Fsp3) is 0.519. The van der Waals surface area contributed by atoms with E-state index in [-0.39, 0.29) is 12.6 Å². The maximum atomic E-state index is 13.3. The molecule has 196 valence electrons. The molecule has 2 fully saturated rings. The molecule has 37 heavy (non-hydrogen) atoms. The van der Waals surface area contributed by atoms with Gasteiger partial charge in [0.05, 0.1) is 44.8 Å². The van der Waals surface area contributed by atoms with Gasteiger partial charge in [-0.15, -0.1) is 0 Å². The van der Waals surface area contributed by atoms with Crippen molar-refractivity contribution >= 4 is 21.1 Å². The summed E-state index contributed by atoms with van der Waals surface area (Å²) in [6, 6.07) is 8.27. The van der Waals surface area contributed by atoms with Crippen molar-refractivity contribution in [2.24, 2.45) is 4.36 Å². The minimum Gasteiger partial charge on any atom is -0.489 e. The van der Waals surface area contributed by atoms with Gasteiger partial charge in [-0.25, -0.2) is 18.1 Å². The highest BCUT2D eigenvalue weighted by atomic mass is 32.2. The SMILES string of the molecule is CC(C)(O)COc1cc(-c2ccc(N3CCS(=O)(=NC4CCCCC4)CC3)nc2)c2c(C#N)cnn2c1. The summed E-state index contributed by atoms with van der Waals surface area (Å²) in [6.07, 6.45) is 10.8. The van der Waals surface area contributed by atoms with Crippen molar-refractivity contribution in [2.75, 3.05) is 36.1 Å². The number of anilines is 1. The van der Waals surface area contributed by atoms with E-state index >= 15 is 0 Å². The molecule has 0 radical (unpaired) electrons. The van der Waals surface area contributed by atoms with Crippen LogP contribution < -0.4 is 9.64 Å². The van der Waals surface area contributed by atoms with Gasteiger partial charge in [-0.2, -0.15) is 10.4 Å². The maximum Gasteiger partial charge on any atom is 0.138 e. The minimum atomic E-state index is -2.14. The lowest BCUT2D eigenvalue weighted by molar-refractivity contribution is 0.0283. The Bertz CT molecular complexity index is 1410. The molecule has 1 saturated heterocycles. The molecule has 1 N–H and O–H groups in total. The summed E-state index contributed by atoms with van der Waals surface area (Å²) < 4.78 is 25.6. The zero-order chi connectivity index (χ0) is 26.0. The molecule has 3 aromatic heterocycles. The van der Waals surface area contributed by atoms with Crippen LogP contribution in [-0.4, -0.2) is 66.8 Å². The minimum absolute atomic E-state index is 0.118. The molecule has 0 amide bonds. The van der Waals surface area contributed by atoms with Gasteiger partial charge in [-0.3, -0.25) is 0 Å². The summed E-state index contributed by atoms with van der Waals surface area (Å²) in [5.74, 6) is 2.53. The molecular weight excluding hydrogens is 488 g/mol. The van der Waals surface area contributed by atoms with Crippen molar-refractivity contribution in [3.05, 3.63) is 42.4 Å². The quantitative estimate of drug-likeness (QED) is 0.519. The molecule has 0 unspecified atom stereocenters. The number of aliphatic hydroxyl groups is 1. The van der Waals surface area contributed by atoms with E-state index in [9.17, 15) is 14.6 Å². The predicted octanol–water partition coefficient (Wildman–Crippen LogP) is 4.04. The van der Waals surface area contributed by atoms with Gasteiger partial charge < -0.3 is 14.7 Å². The zero-order valence-corrected chi connectivity index (χ0v) is 22.3. The summed E-state index contributed by atoms with van der Waals surface area (Å²) in [5.41, 5.74) is 1.75. The van der Waals surface area contributed by atoms with Gasteiger partial charge in [0.25, 0.3) is 0 Å². The number of aromatic nitrogens is 3. The van der Waals surface area contributed by atoms with Gasteiger partial charge in [0.2, 0.25) is 0 Å². The molecule has 0 bridgehead atoms. The maximum absolute atomic E-state index is 13.3. The molecule has 0 spiro atoms. The molecule has 10 heteroatoms. The Balaban J connectivity index is 1.36. The van der Waals surface area contributed by atoms with Crippen LogP contribution in [0, 0.1) is 11.3 Å². The smallest absolute Gasteiger partial charge is 0.138 e. The van der Waals surface area contributed by atoms with Crippen LogP contribution in [0.4, 0.5) is 5.82 Å². The van der Waals surface area contributed by atoms with Gasteiger partial charge in [0, 0.05) is 41.9 Å². The second-order valence-electron chi connectivity index (χ2n) is 10.6. The first-order valence-corrected chi connectivity index (χ1v) is 14.8. The van der Waals surface area contributed by atoms with Crippen molar-refractivity contribution in [1.29, 1.82) is 5.26 Å². The van der Waals surface area contributed by atoms with Crippen molar-refractivity contribution in [3.63, 3.8) is 0 Å². The fourth-order valence-corrected chi connectivity index (χ4v) is 7.16. The van der Waals surface area contributed by atoms with Crippen molar-refractivity contribution in [1.82, 2.24) is 14.6 Å². The number of pyridine rings is 2. The van der Waals surface area contributed by atoms with Crippen LogP contribution in [0.15, 0.2) is 41.2 Å². The highest BCUT2D eigenvalue weighted by molar-refractivity contribution is 7.93. The Hall–Kier alpha value is -3.16. The summed E-state index contributed by atoms with van der Waals surface area (Å²) in [5, 5.41) is 24.0. The third-order valence-electron chi connectivity index (χ3n) is 6.96. The predicted molar refractivity (Wildman–Crippen MR) is 144 cm³/mol. The number of fused-ring (bicyclic) bond motifs is 1. The van der Waals surface area contributed by atoms with Crippen molar-refractivity contribution in [3.8, 4) is 22.9 Å². The average molecular weight is 523 g/mol. The van der Waals surface area contributed by atoms with Gasteiger partial charge in [0.1, 0.15) is 24.2 Å². The lowest BCUT2D eigenvalue weighted by Gasteiger charge is -2.31. The van der Waals surface area contributed by atoms with Crippen LogP contribution in [0.25, 0.3) is 16.6 Å². The molecule has 3 aromatic rings. The van der Waals surface area contributed by atoms with E-state index < -0.39 is 15.3 Å². The van der Waals surface area contributed by atoms with Gasteiger partial charge in [-0.05, 0) is 44.9 Å².